The monoisotopic (exact) mass is 237 g/mol. The van der Waals surface area contributed by atoms with Crippen molar-refractivity contribution in [3.05, 3.63) is 0 Å². The highest BCUT2D eigenvalue weighted by molar-refractivity contribution is 4.91. The molecule has 17 heavy (non-hydrogen) atoms. The first-order chi connectivity index (χ1) is 8.38. The first kappa shape index (κ1) is 11.9. The number of nitrogens with two attached hydrogens (primary N) is 1. The Labute approximate surface area is 105 Å². The van der Waals surface area contributed by atoms with Gasteiger partial charge < -0.3 is 5.73 Å². The van der Waals surface area contributed by atoms with Crippen molar-refractivity contribution in [2.75, 3.05) is 32.7 Å². The minimum Gasteiger partial charge on any atom is -0.330 e. The van der Waals surface area contributed by atoms with E-state index in [4.69, 9.17) is 5.73 Å². The fraction of sp³-hybridized carbons (Fsp3) is 1.00. The predicted octanol–water partition coefficient (Wildman–Crippen LogP) is 1.28. The van der Waals surface area contributed by atoms with Crippen molar-refractivity contribution in [3.63, 3.8) is 0 Å². The normalized spacial score (nSPS) is 37.2. The van der Waals surface area contributed by atoms with Gasteiger partial charge in [0.25, 0.3) is 0 Å². The van der Waals surface area contributed by atoms with Gasteiger partial charge in [0, 0.05) is 38.3 Å². The number of piperazine rings is 1. The minimum atomic E-state index is 0.774. The van der Waals surface area contributed by atoms with Crippen LogP contribution in [0.25, 0.3) is 0 Å². The van der Waals surface area contributed by atoms with Crippen LogP contribution in [-0.4, -0.2) is 54.6 Å². The number of nitrogens with zero attached hydrogens (tertiary/aromatic N) is 2. The fourth-order valence-electron chi connectivity index (χ4n) is 3.82. The molecule has 3 aliphatic rings. The van der Waals surface area contributed by atoms with E-state index in [0.717, 1.165) is 24.5 Å². The van der Waals surface area contributed by atoms with Gasteiger partial charge in [0.2, 0.25) is 0 Å². The van der Waals surface area contributed by atoms with Gasteiger partial charge in [-0.1, -0.05) is 12.8 Å². The van der Waals surface area contributed by atoms with Crippen LogP contribution in [0.15, 0.2) is 0 Å². The Morgan fingerprint density at radius 2 is 1.47 bits per heavy atom. The summed E-state index contributed by atoms with van der Waals surface area (Å²) in [6.45, 7) is 6.08. The number of hydrogen-bond donors (Lipinski definition) is 1. The average molecular weight is 237 g/mol. The molecule has 2 aliphatic carbocycles. The van der Waals surface area contributed by atoms with Gasteiger partial charge in [-0.15, -0.1) is 0 Å². The maximum atomic E-state index is 5.95. The van der Waals surface area contributed by atoms with Crippen LogP contribution in [0.3, 0.4) is 0 Å². The van der Waals surface area contributed by atoms with Gasteiger partial charge in [-0.05, 0) is 38.1 Å². The SMILES string of the molecule is NCC1CCCCC1N1CCN(C2CC2)CC1. The molecule has 3 nitrogen and oxygen atoms in total. The van der Waals surface area contributed by atoms with Gasteiger partial charge in [-0.25, -0.2) is 0 Å². The Morgan fingerprint density at radius 3 is 2.12 bits per heavy atom. The van der Waals surface area contributed by atoms with E-state index in [0.29, 0.717) is 0 Å². The summed E-state index contributed by atoms with van der Waals surface area (Å²) in [6, 6.07) is 1.75. The maximum Gasteiger partial charge on any atom is 0.0137 e. The summed E-state index contributed by atoms with van der Waals surface area (Å²) in [5.41, 5.74) is 5.95. The largest absolute Gasteiger partial charge is 0.330 e. The van der Waals surface area contributed by atoms with E-state index >= 15 is 0 Å². The second kappa shape index (κ2) is 5.25. The van der Waals surface area contributed by atoms with Crippen LogP contribution in [-0.2, 0) is 0 Å². The van der Waals surface area contributed by atoms with E-state index in [1.54, 1.807) is 0 Å². The van der Waals surface area contributed by atoms with Crippen molar-refractivity contribution in [3.8, 4) is 0 Å². The van der Waals surface area contributed by atoms with Crippen LogP contribution in [0.4, 0.5) is 0 Å². The Morgan fingerprint density at radius 1 is 0.824 bits per heavy atom. The zero-order chi connectivity index (χ0) is 11.7. The van der Waals surface area contributed by atoms with E-state index in [-0.39, 0.29) is 0 Å². The molecule has 0 amide bonds. The first-order valence-electron chi connectivity index (χ1n) is 7.56. The van der Waals surface area contributed by atoms with Crippen molar-refractivity contribution in [2.24, 2.45) is 11.7 Å². The molecule has 0 bridgehead atoms. The van der Waals surface area contributed by atoms with Crippen LogP contribution in [0.2, 0.25) is 0 Å². The molecule has 2 atom stereocenters. The zero-order valence-corrected chi connectivity index (χ0v) is 11.0. The smallest absolute Gasteiger partial charge is 0.0137 e. The first-order valence-corrected chi connectivity index (χ1v) is 7.56. The molecule has 0 spiro atoms. The van der Waals surface area contributed by atoms with Gasteiger partial charge in [-0.2, -0.15) is 0 Å². The van der Waals surface area contributed by atoms with Gasteiger partial charge in [0.1, 0.15) is 0 Å². The highest BCUT2D eigenvalue weighted by Gasteiger charge is 2.35. The highest BCUT2D eigenvalue weighted by Crippen LogP contribution is 2.31. The van der Waals surface area contributed by atoms with Gasteiger partial charge in [0.15, 0.2) is 0 Å². The number of hydrogen-bond acceptors (Lipinski definition) is 3. The van der Waals surface area contributed by atoms with E-state index in [2.05, 4.69) is 9.80 Å². The summed E-state index contributed by atoms with van der Waals surface area (Å²) in [5, 5.41) is 0. The molecule has 0 radical (unpaired) electrons. The molecule has 2 unspecified atom stereocenters. The van der Waals surface area contributed by atoms with Gasteiger partial charge >= 0.3 is 0 Å². The molecule has 1 heterocycles. The molecule has 3 heteroatoms. The molecule has 98 valence electrons. The lowest BCUT2D eigenvalue weighted by Gasteiger charge is -2.44. The molecule has 1 saturated heterocycles. The molecule has 2 saturated carbocycles. The summed E-state index contributed by atoms with van der Waals surface area (Å²) < 4.78 is 0. The summed E-state index contributed by atoms with van der Waals surface area (Å²) in [4.78, 5) is 5.45. The van der Waals surface area contributed by atoms with E-state index in [9.17, 15) is 0 Å². The van der Waals surface area contributed by atoms with Crippen molar-refractivity contribution in [1.29, 1.82) is 0 Å². The van der Waals surface area contributed by atoms with Gasteiger partial charge in [-0.3, -0.25) is 9.80 Å². The van der Waals surface area contributed by atoms with Crippen molar-refractivity contribution in [2.45, 2.75) is 50.6 Å². The summed E-state index contributed by atoms with van der Waals surface area (Å²) in [7, 11) is 0. The fourth-order valence-corrected chi connectivity index (χ4v) is 3.82. The lowest BCUT2D eigenvalue weighted by Crippen LogP contribution is -2.54. The van der Waals surface area contributed by atoms with E-state index in [1.807, 2.05) is 0 Å². The molecule has 2 N–H and O–H groups in total. The van der Waals surface area contributed by atoms with E-state index in [1.165, 1.54) is 64.7 Å². The second-order valence-electron chi connectivity index (χ2n) is 6.15. The third-order valence-electron chi connectivity index (χ3n) is 5.05. The quantitative estimate of drug-likeness (QED) is 0.803. The van der Waals surface area contributed by atoms with Crippen LogP contribution in [0, 0.1) is 5.92 Å². The Hall–Kier alpha value is -0.120. The van der Waals surface area contributed by atoms with Gasteiger partial charge in [0.05, 0.1) is 0 Å². The molecule has 0 aromatic carbocycles. The average Bonchev–Trinajstić information content (AvgIpc) is 3.23. The Kier molecular flexibility index (Phi) is 3.69. The third-order valence-corrected chi connectivity index (χ3v) is 5.05. The zero-order valence-electron chi connectivity index (χ0n) is 11.0. The lowest BCUT2D eigenvalue weighted by molar-refractivity contribution is 0.0490. The lowest BCUT2D eigenvalue weighted by atomic mass is 9.83. The predicted molar refractivity (Wildman–Crippen MR) is 71.0 cm³/mol. The van der Waals surface area contributed by atoms with Crippen molar-refractivity contribution >= 4 is 0 Å². The molecule has 0 aromatic heterocycles. The molecular formula is C14H27N3. The maximum absolute atomic E-state index is 5.95. The second-order valence-corrected chi connectivity index (χ2v) is 6.15. The standard InChI is InChI=1S/C14H27N3/c15-11-12-3-1-2-4-14(12)17-9-7-16(8-10-17)13-5-6-13/h12-14H,1-11,15H2. The molecule has 0 aromatic rings. The molecular weight excluding hydrogens is 210 g/mol. The van der Waals surface area contributed by atoms with Crippen LogP contribution in [0.1, 0.15) is 38.5 Å². The van der Waals surface area contributed by atoms with Crippen LogP contribution < -0.4 is 5.73 Å². The molecule has 3 rings (SSSR count). The van der Waals surface area contributed by atoms with Crippen LogP contribution >= 0.6 is 0 Å². The Balaban J connectivity index is 1.53. The third kappa shape index (κ3) is 2.67. The van der Waals surface area contributed by atoms with Crippen LogP contribution in [0.5, 0.6) is 0 Å². The summed E-state index contributed by atoms with van der Waals surface area (Å²) in [6.07, 6.45) is 8.49. The molecule has 3 fully saturated rings. The molecule has 1 aliphatic heterocycles. The van der Waals surface area contributed by atoms with E-state index < -0.39 is 0 Å². The number of rotatable bonds is 3. The highest BCUT2D eigenvalue weighted by atomic mass is 15.3. The summed E-state index contributed by atoms with van der Waals surface area (Å²) in [5.74, 6) is 0.774. The summed E-state index contributed by atoms with van der Waals surface area (Å²) >= 11 is 0. The topological polar surface area (TPSA) is 32.5 Å². The van der Waals surface area contributed by atoms with Crippen molar-refractivity contribution in [1.82, 2.24) is 9.80 Å². The Bertz CT molecular complexity index is 244. The minimum absolute atomic E-state index is 0.774. The van der Waals surface area contributed by atoms with Crippen molar-refractivity contribution < 1.29 is 0 Å².